The molecule has 0 radical (unpaired) electrons. The molecule has 0 aliphatic heterocycles. The Labute approximate surface area is 162 Å². The Morgan fingerprint density at radius 2 is 1.75 bits per heavy atom. The van der Waals surface area contributed by atoms with Gasteiger partial charge in [-0.1, -0.05) is 30.3 Å². The quantitative estimate of drug-likeness (QED) is 0.415. The summed E-state index contributed by atoms with van der Waals surface area (Å²) < 4.78 is 1.79. The Bertz CT molecular complexity index is 1130. The lowest BCUT2D eigenvalue weighted by atomic mass is 10.1. The number of hydrogen-bond acceptors (Lipinski definition) is 4. The summed E-state index contributed by atoms with van der Waals surface area (Å²) in [5.41, 5.74) is 3.83. The number of rotatable bonds is 5. The molecular formula is C23H17N3O2. The molecule has 2 aromatic carbocycles. The van der Waals surface area contributed by atoms with Crippen LogP contribution in [0, 0.1) is 0 Å². The predicted molar refractivity (Wildman–Crippen MR) is 108 cm³/mol. The zero-order chi connectivity index (χ0) is 19.3. The Kier molecular flexibility index (Phi) is 4.80. The number of allylic oxidation sites excluding steroid dienone is 1. The fourth-order valence-corrected chi connectivity index (χ4v) is 2.88. The predicted octanol–water partition coefficient (Wildman–Crippen LogP) is 4.54. The van der Waals surface area contributed by atoms with E-state index >= 15 is 0 Å². The Morgan fingerprint density at radius 1 is 0.964 bits per heavy atom. The third-order valence-corrected chi connectivity index (χ3v) is 4.26. The maximum absolute atomic E-state index is 12.5. The molecule has 5 nitrogen and oxygen atoms in total. The summed E-state index contributed by atoms with van der Waals surface area (Å²) in [6.45, 7) is 0. The highest BCUT2D eigenvalue weighted by Gasteiger charge is 2.11. The number of pyridine rings is 1. The van der Waals surface area contributed by atoms with Gasteiger partial charge in [0.25, 0.3) is 0 Å². The van der Waals surface area contributed by atoms with Crippen molar-refractivity contribution in [1.29, 1.82) is 0 Å². The molecule has 2 heterocycles. The van der Waals surface area contributed by atoms with Crippen LogP contribution >= 0.6 is 0 Å². The van der Waals surface area contributed by atoms with Gasteiger partial charge in [-0.05, 0) is 48.6 Å². The van der Waals surface area contributed by atoms with Gasteiger partial charge in [0.15, 0.2) is 5.78 Å². The van der Waals surface area contributed by atoms with Crippen molar-refractivity contribution in [2.75, 3.05) is 0 Å². The van der Waals surface area contributed by atoms with Gasteiger partial charge < -0.3 is 5.11 Å². The second-order valence-electron chi connectivity index (χ2n) is 6.20. The fourth-order valence-electron chi connectivity index (χ4n) is 2.88. The summed E-state index contributed by atoms with van der Waals surface area (Å²) in [7, 11) is 0. The average molecular weight is 367 g/mol. The van der Waals surface area contributed by atoms with Crippen molar-refractivity contribution in [3.63, 3.8) is 0 Å². The highest BCUT2D eigenvalue weighted by atomic mass is 16.3. The first kappa shape index (κ1) is 17.4. The molecule has 5 heteroatoms. The first-order valence-corrected chi connectivity index (χ1v) is 8.77. The van der Waals surface area contributed by atoms with Crippen molar-refractivity contribution in [3.8, 4) is 22.7 Å². The van der Waals surface area contributed by atoms with Gasteiger partial charge in [-0.3, -0.25) is 9.78 Å². The molecule has 0 fully saturated rings. The van der Waals surface area contributed by atoms with Crippen molar-refractivity contribution in [3.05, 3.63) is 103 Å². The van der Waals surface area contributed by atoms with Crippen LogP contribution in [0.1, 0.15) is 15.9 Å². The molecule has 2 aromatic heterocycles. The largest absolute Gasteiger partial charge is 0.508 e. The summed E-state index contributed by atoms with van der Waals surface area (Å²) in [6.07, 6.45) is 8.54. The number of aromatic hydroxyl groups is 1. The zero-order valence-electron chi connectivity index (χ0n) is 14.9. The molecule has 1 N–H and O–H groups in total. The molecule has 0 aliphatic rings. The van der Waals surface area contributed by atoms with E-state index in [4.69, 9.17) is 5.10 Å². The molecule has 0 unspecified atom stereocenters. The van der Waals surface area contributed by atoms with Crippen molar-refractivity contribution in [2.45, 2.75) is 0 Å². The molecule has 0 saturated carbocycles. The molecule has 136 valence electrons. The topological polar surface area (TPSA) is 68.0 Å². The summed E-state index contributed by atoms with van der Waals surface area (Å²) in [5, 5.41) is 14.3. The number of carbonyl (C=O) groups excluding carboxylic acids is 1. The first-order valence-electron chi connectivity index (χ1n) is 8.77. The second kappa shape index (κ2) is 7.72. The van der Waals surface area contributed by atoms with E-state index in [9.17, 15) is 9.90 Å². The van der Waals surface area contributed by atoms with Gasteiger partial charge >= 0.3 is 0 Å². The van der Waals surface area contributed by atoms with Crippen molar-refractivity contribution in [1.82, 2.24) is 14.8 Å². The number of nitrogens with zero attached hydrogens (tertiary/aromatic N) is 3. The third kappa shape index (κ3) is 3.73. The van der Waals surface area contributed by atoms with E-state index in [1.54, 1.807) is 35.3 Å². The van der Waals surface area contributed by atoms with E-state index in [0.717, 1.165) is 22.5 Å². The monoisotopic (exact) mass is 367 g/mol. The number of phenolic OH excluding ortho intramolecular Hbond substituents is 1. The van der Waals surface area contributed by atoms with Crippen LogP contribution in [0.2, 0.25) is 0 Å². The van der Waals surface area contributed by atoms with Gasteiger partial charge in [-0.25, -0.2) is 4.68 Å². The normalized spacial score (nSPS) is 11.0. The van der Waals surface area contributed by atoms with Crippen LogP contribution in [0.3, 0.4) is 0 Å². The summed E-state index contributed by atoms with van der Waals surface area (Å²) in [4.78, 5) is 16.5. The van der Waals surface area contributed by atoms with Crippen LogP contribution in [0.25, 0.3) is 23.0 Å². The van der Waals surface area contributed by atoms with E-state index < -0.39 is 0 Å². The second-order valence-corrected chi connectivity index (χ2v) is 6.20. The molecular weight excluding hydrogens is 350 g/mol. The third-order valence-electron chi connectivity index (χ3n) is 4.26. The van der Waals surface area contributed by atoms with Gasteiger partial charge in [-0.2, -0.15) is 5.10 Å². The number of para-hydroxylation sites is 1. The number of phenols is 1. The SMILES string of the molecule is O=C(/C=C/c1cn(-c2ccccc2)nc1-c1ccncc1)c1cccc(O)c1. The molecule has 4 rings (SSSR count). The Hall–Kier alpha value is -3.99. The molecule has 4 aromatic rings. The number of aromatic nitrogens is 3. The molecule has 0 amide bonds. The minimum atomic E-state index is -0.191. The Balaban J connectivity index is 1.73. The lowest BCUT2D eigenvalue weighted by molar-refractivity contribution is 0.104. The van der Waals surface area contributed by atoms with E-state index in [-0.39, 0.29) is 11.5 Å². The van der Waals surface area contributed by atoms with Crippen LogP contribution in [-0.2, 0) is 0 Å². The maximum Gasteiger partial charge on any atom is 0.185 e. The lowest BCUT2D eigenvalue weighted by Gasteiger charge is -2.00. The number of ketones is 1. The zero-order valence-corrected chi connectivity index (χ0v) is 14.9. The van der Waals surface area contributed by atoms with Gasteiger partial charge in [0.1, 0.15) is 11.4 Å². The number of benzene rings is 2. The minimum Gasteiger partial charge on any atom is -0.508 e. The summed E-state index contributed by atoms with van der Waals surface area (Å²) >= 11 is 0. The number of hydrogen-bond donors (Lipinski definition) is 1. The van der Waals surface area contributed by atoms with Gasteiger partial charge in [0.2, 0.25) is 0 Å². The van der Waals surface area contributed by atoms with Gasteiger partial charge in [0, 0.05) is 35.3 Å². The molecule has 0 atom stereocenters. The Morgan fingerprint density at radius 3 is 2.50 bits per heavy atom. The van der Waals surface area contributed by atoms with Gasteiger partial charge in [0.05, 0.1) is 5.69 Å². The van der Waals surface area contributed by atoms with E-state index in [2.05, 4.69) is 4.98 Å². The van der Waals surface area contributed by atoms with Crippen LogP contribution in [0.4, 0.5) is 0 Å². The van der Waals surface area contributed by atoms with Crippen molar-refractivity contribution >= 4 is 11.9 Å². The highest BCUT2D eigenvalue weighted by Crippen LogP contribution is 2.24. The number of carbonyl (C=O) groups is 1. The molecule has 28 heavy (non-hydrogen) atoms. The molecule has 0 spiro atoms. The standard InChI is InChI=1S/C23H17N3O2/c27-21-8-4-5-18(15-21)22(28)10-9-19-16-26(20-6-2-1-3-7-20)25-23(19)17-11-13-24-14-12-17/h1-16,27H/b10-9+. The van der Waals surface area contributed by atoms with Crippen LogP contribution < -0.4 is 0 Å². The van der Waals surface area contributed by atoms with Gasteiger partial charge in [-0.15, -0.1) is 0 Å². The minimum absolute atomic E-state index is 0.0635. The van der Waals surface area contributed by atoms with Crippen molar-refractivity contribution in [2.24, 2.45) is 0 Å². The van der Waals surface area contributed by atoms with Crippen molar-refractivity contribution < 1.29 is 9.90 Å². The molecule has 0 saturated heterocycles. The first-order chi connectivity index (χ1) is 13.7. The lowest BCUT2D eigenvalue weighted by Crippen LogP contribution is -1.93. The molecule has 0 aliphatic carbocycles. The van der Waals surface area contributed by atoms with Crippen LogP contribution in [0.15, 0.2) is 91.4 Å². The summed E-state index contributed by atoms with van der Waals surface area (Å²) in [5.74, 6) is -0.127. The maximum atomic E-state index is 12.5. The van der Waals surface area contributed by atoms with Crippen LogP contribution in [-0.4, -0.2) is 25.7 Å². The molecule has 0 bridgehead atoms. The highest BCUT2D eigenvalue weighted by molar-refractivity contribution is 6.07. The smallest absolute Gasteiger partial charge is 0.185 e. The summed E-state index contributed by atoms with van der Waals surface area (Å²) in [6, 6.07) is 19.8. The van der Waals surface area contributed by atoms with E-state index in [1.165, 1.54) is 18.2 Å². The van der Waals surface area contributed by atoms with E-state index in [1.807, 2.05) is 48.7 Å². The van der Waals surface area contributed by atoms with Crippen LogP contribution in [0.5, 0.6) is 5.75 Å². The van der Waals surface area contributed by atoms with E-state index in [0.29, 0.717) is 5.56 Å². The average Bonchev–Trinajstić information content (AvgIpc) is 3.17. The fraction of sp³-hybridized carbons (Fsp3) is 0.